The van der Waals surface area contributed by atoms with Crippen molar-refractivity contribution >= 4 is 22.8 Å². The number of hydrogen-bond donors (Lipinski definition) is 1. The van der Waals surface area contributed by atoms with Gasteiger partial charge in [-0.25, -0.2) is 9.97 Å². The quantitative estimate of drug-likeness (QED) is 0.875. The van der Waals surface area contributed by atoms with E-state index in [1.165, 1.54) is 0 Å². The van der Waals surface area contributed by atoms with Crippen molar-refractivity contribution < 1.29 is 4.79 Å². The van der Waals surface area contributed by atoms with Crippen molar-refractivity contribution in [2.45, 2.75) is 46.1 Å². The lowest BCUT2D eigenvalue weighted by Gasteiger charge is -2.35. The molecule has 1 saturated heterocycles. The molecule has 0 aliphatic carbocycles. The zero-order chi connectivity index (χ0) is 19.8. The van der Waals surface area contributed by atoms with Gasteiger partial charge in [-0.2, -0.15) is 5.10 Å². The van der Waals surface area contributed by atoms with Crippen LogP contribution in [0.1, 0.15) is 46.4 Å². The maximum Gasteiger partial charge on any atom is 0.234 e. The van der Waals surface area contributed by atoms with Gasteiger partial charge in [0.1, 0.15) is 11.6 Å². The van der Waals surface area contributed by atoms with Gasteiger partial charge in [0.05, 0.1) is 18.1 Å². The molecule has 0 bridgehead atoms. The molecule has 2 aromatic heterocycles. The minimum absolute atomic E-state index is 0.0785. The van der Waals surface area contributed by atoms with Crippen molar-refractivity contribution in [3.63, 3.8) is 0 Å². The molecule has 2 aromatic rings. The van der Waals surface area contributed by atoms with Gasteiger partial charge >= 0.3 is 0 Å². The van der Waals surface area contributed by atoms with Crippen LogP contribution in [0.3, 0.4) is 0 Å². The molecule has 0 radical (unpaired) electrons. The average molecular weight is 374 g/mol. The fraction of sp³-hybridized carbons (Fsp3) is 0.684. The van der Waals surface area contributed by atoms with Gasteiger partial charge < -0.3 is 10.2 Å². The monoisotopic (exact) mass is 373 g/mol. The molecule has 1 N–H and O–H groups in total. The summed E-state index contributed by atoms with van der Waals surface area (Å²) in [7, 11) is 1.91. The minimum Gasteiger partial charge on any atom is -0.353 e. The maximum atomic E-state index is 12.2. The van der Waals surface area contributed by atoms with Crippen LogP contribution in [-0.4, -0.2) is 68.8 Å². The number of hydrogen-bond acceptors (Lipinski definition) is 6. The van der Waals surface area contributed by atoms with E-state index in [0.29, 0.717) is 6.54 Å². The summed E-state index contributed by atoms with van der Waals surface area (Å²) in [6, 6.07) is 0. The maximum absolute atomic E-state index is 12.2. The Balaban J connectivity index is 1.72. The van der Waals surface area contributed by atoms with E-state index >= 15 is 0 Å². The topological polar surface area (TPSA) is 79.2 Å². The molecule has 148 valence electrons. The molecule has 0 spiro atoms. The number of carbonyl (C=O) groups excluding carboxylic acids is 1. The van der Waals surface area contributed by atoms with Crippen LogP contribution in [0.5, 0.6) is 0 Å². The lowest BCUT2D eigenvalue weighted by Crippen LogP contribution is -2.52. The van der Waals surface area contributed by atoms with Gasteiger partial charge in [-0.3, -0.25) is 14.4 Å². The number of piperazine rings is 1. The van der Waals surface area contributed by atoms with E-state index in [-0.39, 0.29) is 17.4 Å². The van der Waals surface area contributed by atoms with Crippen LogP contribution in [-0.2, 0) is 11.8 Å². The molecule has 1 aliphatic heterocycles. The third kappa shape index (κ3) is 4.55. The standard InChI is InChI=1S/C19H31N7O/c1-13(2)16-21-17-14(11-20-24(17)6)18(22-16)26-9-7-25(8-10-26)12-15(27)23-19(3,4)5/h11,13H,7-10,12H2,1-6H3,(H,23,27). The Labute approximate surface area is 160 Å². The molecule has 8 nitrogen and oxygen atoms in total. The van der Waals surface area contributed by atoms with Gasteiger partial charge in [0.25, 0.3) is 0 Å². The van der Waals surface area contributed by atoms with Gasteiger partial charge in [-0.1, -0.05) is 13.8 Å². The van der Waals surface area contributed by atoms with Crippen molar-refractivity contribution in [2.75, 3.05) is 37.6 Å². The van der Waals surface area contributed by atoms with Gasteiger partial charge in [0.2, 0.25) is 5.91 Å². The first-order valence-electron chi connectivity index (χ1n) is 9.62. The fourth-order valence-electron chi connectivity index (χ4n) is 3.30. The molecular formula is C19H31N7O. The van der Waals surface area contributed by atoms with E-state index in [2.05, 4.69) is 39.0 Å². The molecule has 27 heavy (non-hydrogen) atoms. The lowest BCUT2D eigenvalue weighted by molar-refractivity contribution is -0.123. The number of amides is 1. The second-order valence-electron chi connectivity index (χ2n) is 8.63. The zero-order valence-corrected chi connectivity index (χ0v) is 17.3. The van der Waals surface area contributed by atoms with E-state index in [4.69, 9.17) is 4.98 Å². The molecular weight excluding hydrogens is 342 g/mol. The van der Waals surface area contributed by atoms with E-state index in [9.17, 15) is 4.79 Å². The third-order valence-corrected chi connectivity index (χ3v) is 4.66. The van der Waals surface area contributed by atoms with Crippen LogP contribution in [0, 0.1) is 0 Å². The van der Waals surface area contributed by atoms with Crippen LogP contribution in [0.4, 0.5) is 5.82 Å². The third-order valence-electron chi connectivity index (χ3n) is 4.66. The Morgan fingerprint density at radius 1 is 1.19 bits per heavy atom. The van der Waals surface area contributed by atoms with Gasteiger partial charge in [-0.15, -0.1) is 0 Å². The number of aryl methyl sites for hydroxylation is 1. The number of rotatable bonds is 4. The Morgan fingerprint density at radius 2 is 1.85 bits per heavy atom. The molecule has 1 aliphatic rings. The van der Waals surface area contributed by atoms with Crippen molar-refractivity contribution in [1.82, 2.24) is 30.0 Å². The van der Waals surface area contributed by atoms with Crippen LogP contribution < -0.4 is 10.2 Å². The number of carbonyl (C=O) groups is 1. The van der Waals surface area contributed by atoms with Crippen LogP contribution in [0.25, 0.3) is 11.0 Å². The van der Waals surface area contributed by atoms with Gasteiger partial charge in [-0.05, 0) is 20.8 Å². The van der Waals surface area contributed by atoms with E-state index in [1.54, 1.807) is 4.68 Å². The van der Waals surface area contributed by atoms with Crippen molar-refractivity contribution in [3.8, 4) is 0 Å². The van der Waals surface area contributed by atoms with Crippen LogP contribution in [0.15, 0.2) is 6.20 Å². The molecule has 0 aromatic carbocycles. The van der Waals surface area contributed by atoms with Crippen LogP contribution in [0.2, 0.25) is 0 Å². The van der Waals surface area contributed by atoms with Crippen LogP contribution >= 0.6 is 0 Å². The fourth-order valence-corrected chi connectivity index (χ4v) is 3.30. The SMILES string of the molecule is CC(C)c1nc(N2CCN(CC(=O)NC(C)(C)C)CC2)c2cnn(C)c2n1. The Morgan fingerprint density at radius 3 is 2.44 bits per heavy atom. The van der Waals surface area contributed by atoms with Crippen molar-refractivity contribution in [3.05, 3.63) is 12.0 Å². The van der Waals surface area contributed by atoms with Crippen molar-refractivity contribution in [1.29, 1.82) is 0 Å². The van der Waals surface area contributed by atoms with Crippen molar-refractivity contribution in [2.24, 2.45) is 7.05 Å². The smallest absolute Gasteiger partial charge is 0.234 e. The van der Waals surface area contributed by atoms with E-state index in [1.807, 2.05) is 34.0 Å². The summed E-state index contributed by atoms with van der Waals surface area (Å²) < 4.78 is 1.81. The van der Waals surface area contributed by atoms with Gasteiger partial charge in [0, 0.05) is 44.7 Å². The highest BCUT2D eigenvalue weighted by Gasteiger charge is 2.24. The molecule has 0 saturated carbocycles. The second-order valence-corrected chi connectivity index (χ2v) is 8.63. The Kier molecular flexibility index (Phi) is 5.37. The highest BCUT2D eigenvalue weighted by atomic mass is 16.2. The summed E-state index contributed by atoms with van der Waals surface area (Å²) in [4.78, 5) is 26.2. The molecule has 1 fully saturated rings. The molecule has 0 unspecified atom stereocenters. The Hall–Kier alpha value is -2.22. The minimum atomic E-state index is -0.195. The highest BCUT2D eigenvalue weighted by molar-refractivity contribution is 5.87. The number of nitrogens with zero attached hydrogens (tertiary/aromatic N) is 6. The number of aromatic nitrogens is 4. The molecule has 3 heterocycles. The summed E-state index contributed by atoms with van der Waals surface area (Å²) >= 11 is 0. The number of nitrogens with one attached hydrogen (secondary N) is 1. The van der Waals surface area contributed by atoms with Gasteiger partial charge in [0.15, 0.2) is 5.65 Å². The van der Waals surface area contributed by atoms with E-state index in [0.717, 1.165) is 48.9 Å². The number of fused-ring (bicyclic) bond motifs is 1. The molecule has 0 atom stereocenters. The summed E-state index contributed by atoms with van der Waals surface area (Å²) in [6.07, 6.45) is 1.85. The molecule has 8 heteroatoms. The highest BCUT2D eigenvalue weighted by Crippen LogP contribution is 2.26. The predicted molar refractivity (Wildman–Crippen MR) is 107 cm³/mol. The predicted octanol–water partition coefficient (Wildman–Crippen LogP) is 1.52. The summed E-state index contributed by atoms with van der Waals surface area (Å²) in [6.45, 7) is 14.0. The summed E-state index contributed by atoms with van der Waals surface area (Å²) in [5.41, 5.74) is 0.676. The normalized spacial score (nSPS) is 16.3. The zero-order valence-electron chi connectivity index (χ0n) is 17.3. The first-order valence-corrected chi connectivity index (χ1v) is 9.62. The summed E-state index contributed by atoms with van der Waals surface area (Å²) in [5.74, 6) is 2.13. The largest absolute Gasteiger partial charge is 0.353 e. The second kappa shape index (κ2) is 7.42. The number of anilines is 1. The Bertz CT molecular complexity index is 813. The lowest BCUT2D eigenvalue weighted by atomic mass is 10.1. The molecule has 1 amide bonds. The van der Waals surface area contributed by atoms with E-state index < -0.39 is 0 Å². The molecule has 3 rings (SSSR count). The first kappa shape index (κ1) is 19.5. The average Bonchev–Trinajstić information content (AvgIpc) is 2.94. The first-order chi connectivity index (χ1) is 12.6. The summed E-state index contributed by atoms with van der Waals surface area (Å²) in [5, 5.41) is 8.38.